The zero-order valence-corrected chi connectivity index (χ0v) is 14.8. The summed E-state index contributed by atoms with van der Waals surface area (Å²) in [5, 5.41) is 8.51. The second kappa shape index (κ2) is 6.67. The van der Waals surface area contributed by atoms with Gasteiger partial charge in [-0.2, -0.15) is 0 Å². The summed E-state index contributed by atoms with van der Waals surface area (Å²) >= 11 is 0. The van der Waals surface area contributed by atoms with Gasteiger partial charge in [0.15, 0.2) is 11.5 Å². The fourth-order valence-corrected chi connectivity index (χ4v) is 3.45. The van der Waals surface area contributed by atoms with E-state index in [1.807, 2.05) is 52.0 Å². The Morgan fingerprint density at radius 1 is 1.12 bits per heavy atom. The second-order valence-electron chi connectivity index (χ2n) is 6.25. The molecule has 1 aromatic heterocycles. The number of likely N-dealkylation sites (tertiary alicyclic amines) is 1. The van der Waals surface area contributed by atoms with E-state index in [4.69, 9.17) is 9.47 Å². The van der Waals surface area contributed by atoms with Gasteiger partial charge in [0.25, 0.3) is 0 Å². The van der Waals surface area contributed by atoms with E-state index in [0.29, 0.717) is 24.5 Å². The van der Waals surface area contributed by atoms with Gasteiger partial charge in [-0.3, -0.25) is 4.79 Å². The zero-order valence-electron chi connectivity index (χ0n) is 14.8. The summed E-state index contributed by atoms with van der Waals surface area (Å²) in [6.07, 6.45) is 1.09. The molecule has 0 bridgehead atoms. The van der Waals surface area contributed by atoms with E-state index >= 15 is 0 Å². The Morgan fingerprint density at radius 3 is 2.73 bits per heavy atom. The Hall–Kier alpha value is -3.09. The summed E-state index contributed by atoms with van der Waals surface area (Å²) < 4.78 is 12.5. The Morgan fingerprint density at radius 2 is 1.92 bits per heavy atom. The molecule has 7 heteroatoms. The van der Waals surface area contributed by atoms with E-state index in [0.717, 1.165) is 23.0 Å². The third-order valence-electron chi connectivity index (χ3n) is 4.76. The van der Waals surface area contributed by atoms with Crippen LogP contribution in [0.2, 0.25) is 0 Å². The smallest absolute Gasteiger partial charge is 0.224 e. The number of hydrogen-bond acceptors (Lipinski definition) is 5. The van der Waals surface area contributed by atoms with Gasteiger partial charge in [-0.15, -0.1) is 5.10 Å². The topological polar surface area (TPSA) is 69.5 Å². The van der Waals surface area contributed by atoms with Crippen LogP contribution in [0.4, 0.5) is 0 Å². The van der Waals surface area contributed by atoms with E-state index < -0.39 is 0 Å². The molecular formula is C19H20N4O3. The van der Waals surface area contributed by atoms with Gasteiger partial charge in [0.1, 0.15) is 11.7 Å². The first-order chi connectivity index (χ1) is 12.7. The molecule has 0 saturated carbocycles. The van der Waals surface area contributed by atoms with Gasteiger partial charge in [-0.05, 0) is 36.2 Å². The molecule has 134 valence electrons. The lowest BCUT2D eigenvalue weighted by atomic mass is 10.2. The quantitative estimate of drug-likeness (QED) is 0.706. The van der Waals surface area contributed by atoms with E-state index in [9.17, 15) is 4.79 Å². The van der Waals surface area contributed by atoms with Crippen LogP contribution in [0.5, 0.6) is 11.5 Å². The van der Waals surface area contributed by atoms with Crippen molar-refractivity contribution in [3.8, 4) is 11.5 Å². The van der Waals surface area contributed by atoms with E-state index in [1.165, 1.54) is 0 Å². The maximum absolute atomic E-state index is 12.5. The lowest BCUT2D eigenvalue weighted by Gasteiger charge is -2.25. The van der Waals surface area contributed by atoms with E-state index in [1.54, 1.807) is 14.2 Å². The van der Waals surface area contributed by atoms with Crippen LogP contribution in [0.15, 0.2) is 42.5 Å². The standard InChI is InChI=1S/C19H20N4O3/c1-25-16-8-7-13(11-17(16)26-2)12-22-18(9-10-19(22)24)23-15-6-4-3-5-14(15)20-21-23/h3-8,11,18H,9-10,12H2,1-2H3. The number of fused-ring (bicyclic) bond motifs is 1. The number of hydrogen-bond donors (Lipinski definition) is 0. The molecule has 1 saturated heterocycles. The summed E-state index contributed by atoms with van der Waals surface area (Å²) in [5.74, 6) is 1.44. The lowest BCUT2D eigenvalue weighted by Crippen LogP contribution is -2.31. The van der Waals surface area contributed by atoms with Crippen LogP contribution >= 0.6 is 0 Å². The molecule has 1 fully saturated rings. The van der Waals surface area contributed by atoms with Crippen molar-refractivity contribution in [2.24, 2.45) is 0 Å². The summed E-state index contributed by atoms with van der Waals surface area (Å²) in [6, 6.07) is 13.5. The number of para-hydroxylation sites is 1. The predicted molar refractivity (Wildman–Crippen MR) is 95.9 cm³/mol. The number of amides is 1. The highest BCUT2D eigenvalue weighted by Gasteiger charge is 2.33. The number of nitrogens with zero attached hydrogens (tertiary/aromatic N) is 4. The Balaban J connectivity index is 1.65. The summed E-state index contributed by atoms with van der Waals surface area (Å²) in [7, 11) is 3.21. The van der Waals surface area contributed by atoms with E-state index in [-0.39, 0.29) is 12.1 Å². The number of carbonyl (C=O) groups excluding carboxylic acids is 1. The number of methoxy groups -OCH3 is 2. The molecule has 4 rings (SSSR count). The van der Waals surface area contributed by atoms with Gasteiger partial charge in [0.05, 0.1) is 19.7 Å². The monoisotopic (exact) mass is 352 g/mol. The number of aromatic nitrogens is 3. The minimum absolute atomic E-state index is 0.115. The number of carbonyl (C=O) groups is 1. The average Bonchev–Trinajstić information content (AvgIpc) is 3.25. The van der Waals surface area contributed by atoms with Gasteiger partial charge >= 0.3 is 0 Å². The fraction of sp³-hybridized carbons (Fsp3) is 0.316. The molecule has 0 N–H and O–H groups in total. The molecule has 0 radical (unpaired) electrons. The molecule has 3 aromatic rings. The van der Waals surface area contributed by atoms with Crippen LogP contribution in [0, 0.1) is 0 Å². The molecule has 7 nitrogen and oxygen atoms in total. The molecule has 1 amide bonds. The van der Waals surface area contributed by atoms with Crippen molar-refractivity contribution in [3.05, 3.63) is 48.0 Å². The number of benzene rings is 2. The van der Waals surface area contributed by atoms with Crippen molar-refractivity contribution in [3.63, 3.8) is 0 Å². The maximum atomic E-state index is 12.5. The minimum atomic E-state index is -0.136. The minimum Gasteiger partial charge on any atom is -0.493 e. The molecule has 0 aliphatic carbocycles. The van der Waals surface area contributed by atoms with Crippen LogP contribution in [0.25, 0.3) is 11.0 Å². The van der Waals surface area contributed by atoms with Crippen LogP contribution in [-0.4, -0.2) is 40.0 Å². The Labute approximate surface area is 151 Å². The third kappa shape index (κ3) is 2.75. The molecule has 0 spiro atoms. The first-order valence-corrected chi connectivity index (χ1v) is 8.51. The Kier molecular flexibility index (Phi) is 4.20. The van der Waals surface area contributed by atoms with Crippen molar-refractivity contribution < 1.29 is 14.3 Å². The first kappa shape index (κ1) is 16.4. The zero-order chi connectivity index (χ0) is 18.1. The molecule has 26 heavy (non-hydrogen) atoms. The van der Waals surface area contributed by atoms with Crippen molar-refractivity contribution in [2.45, 2.75) is 25.6 Å². The van der Waals surface area contributed by atoms with Gasteiger partial charge in [0, 0.05) is 13.0 Å². The molecule has 1 aliphatic rings. The number of rotatable bonds is 5. The summed E-state index contributed by atoms with van der Waals surface area (Å²) in [6.45, 7) is 0.484. The van der Waals surface area contributed by atoms with Gasteiger partial charge in [-0.1, -0.05) is 23.4 Å². The molecule has 1 unspecified atom stereocenters. The Bertz CT molecular complexity index is 953. The molecular weight excluding hydrogens is 332 g/mol. The largest absolute Gasteiger partial charge is 0.493 e. The normalized spacial score (nSPS) is 17.1. The molecule has 1 atom stereocenters. The summed E-state index contributed by atoms with van der Waals surface area (Å²) in [4.78, 5) is 14.4. The number of ether oxygens (including phenoxy) is 2. The maximum Gasteiger partial charge on any atom is 0.224 e. The van der Waals surface area contributed by atoms with Crippen molar-refractivity contribution in [2.75, 3.05) is 14.2 Å². The van der Waals surface area contributed by atoms with Crippen molar-refractivity contribution in [1.82, 2.24) is 19.9 Å². The molecule has 1 aliphatic heterocycles. The fourth-order valence-electron chi connectivity index (χ4n) is 3.45. The van der Waals surface area contributed by atoms with Crippen LogP contribution in [-0.2, 0) is 11.3 Å². The van der Waals surface area contributed by atoms with Crippen LogP contribution < -0.4 is 9.47 Å². The average molecular weight is 352 g/mol. The predicted octanol–water partition coefficient (Wildman–Crippen LogP) is 2.77. The van der Waals surface area contributed by atoms with Gasteiger partial charge < -0.3 is 14.4 Å². The molecule has 2 aromatic carbocycles. The first-order valence-electron chi connectivity index (χ1n) is 8.51. The van der Waals surface area contributed by atoms with Gasteiger partial charge in [-0.25, -0.2) is 4.68 Å². The van der Waals surface area contributed by atoms with E-state index in [2.05, 4.69) is 10.3 Å². The van der Waals surface area contributed by atoms with Crippen LogP contribution in [0.3, 0.4) is 0 Å². The second-order valence-corrected chi connectivity index (χ2v) is 6.25. The summed E-state index contributed by atoms with van der Waals surface area (Å²) in [5.41, 5.74) is 2.75. The SMILES string of the molecule is COc1ccc(CN2C(=O)CCC2n2nnc3ccccc32)cc1OC. The highest BCUT2D eigenvalue weighted by atomic mass is 16.5. The molecule has 2 heterocycles. The third-order valence-corrected chi connectivity index (χ3v) is 4.76. The highest BCUT2D eigenvalue weighted by Crippen LogP contribution is 2.33. The van der Waals surface area contributed by atoms with Crippen LogP contribution in [0.1, 0.15) is 24.6 Å². The van der Waals surface area contributed by atoms with Gasteiger partial charge in [0.2, 0.25) is 5.91 Å². The van der Waals surface area contributed by atoms with Crippen molar-refractivity contribution in [1.29, 1.82) is 0 Å². The highest BCUT2D eigenvalue weighted by molar-refractivity contribution is 5.79. The van der Waals surface area contributed by atoms with Crippen molar-refractivity contribution >= 4 is 16.9 Å². The lowest BCUT2D eigenvalue weighted by molar-refractivity contribution is -0.130.